The number of amides is 2. The Hall–Kier alpha value is -2.34. The molecule has 3 heterocycles. The summed E-state index contributed by atoms with van der Waals surface area (Å²) in [5.41, 5.74) is 5.83. The maximum atomic E-state index is 12.9. The number of anilines is 1. The van der Waals surface area contributed by atoms with Crippen LogP contribution in [-0.4, -0.2) is 66.8 Å². The molecule has 12 heteroatoms. The number of carbonyl (C=O) groups is 3. The predicted molar refractivity (Wildman–Crippen MR) is 110 cm³/mol. The van der Waals surface area contributed by atoms with Crippen LogP contribution in [0.3, 0.4) is 0 Å². The van der Waals surface area contributed by atoms with Crippen LogP contribution < -0.4 is 11.1 Å². The van der Waals surface area contributed by atoms with Gasteiger partial charge in [-0.3, -0.25) is 9.59 Å². The first-order chi connectivity index (χ1) is 13.6. The number of aliphatic carboxylic acids is 1. The lowest BCUT2D eigenvalue weighted by Gasteiger charge is -2.43. The van der Waals surface area contributed by atoms with Gasteiger partial charge in [-0.15, -0.1) is 23.1 Å². The fraction of sp³-hybridized carbons (Fsp3) is 0.588. The van der Waals surface area contributed by atoms with Crippen LogP contribution in [0.1, 0.15) is 39.8 Å². The van der Waals surface area contributed by atoms with Gasteiger partial charge in [0.2, 0.25) is 5.91 Å². The monoisotopic (exact) mass is 441 g/mol. The smallest absolute Gasteiger partial charge is 0.327 e. The van der Waals surface area contributed by atoms with Crippen LogP contribution in [0.5, 0.6) is 0 Å². The third-order valence-corrected chi connectivity index (χ3v) is 7.09. The molecule has 158 valence electrons. The maximum absolute atomic E-state index is 12.9. The van der Waals surface area contributed by atoms with Crippen molar-refractivity contribution in [3.63, 3.8) is 0 Å². The van der Waals surface area contributed by atoms with Crippen molar-refractivity contribution in [3.8, 4) is 0 Å². The van der Waals surface area contributed by atoms with Gasteiger partial charge in [-0.25, -0.2) is 9.78 Å². The van der Waals surface area contributed by atoms with E-state index in [4.69, 9.17) is 10.6 Å². The lowest BCUT2D eigenvalue weighted by molar-refractivity contribution is -0.160. The van der Waals surface area contributed by atoms with E-state index in [-0.39, 0.29) is 22.6 Å². The van der Waals surface area contributed by atoms with E-state index in [2.05, 4.69) is 15.5 Å². The number of carboxylic acid groups (broad SMARTS) is 1. The number of nitrogens with zero attached hydrogens (tertiary/aromatic N) is 3. The summed E-state index contributed by atoms with van der Waals surface area (Å²) in [7, 11) is 0. The molecule has 2 saturated heterocycles. The van der Waals surface area contributed by atoms with E-state index in [1.54, 1.807) is 19.2 Å². The number of carbonyl (C=O) groups excluding carboxylic acids is 2. The predicted octanol–water partition coefficient (Wildman–Crippen LogP) is 0.876. The van der Waals surface area contributed by atoms with E-state index in [0.29, 0.717) is 6.42 Å². The molecular formula is C17H23N5O5S2. The van der Waals surface area contributed by atoms with Crippen LogP contribution in [0.4, 0.5) is 5.13 Å². The molecule has 29 heavy (non-hydrogen) atoms. The van der Waals surface area contributed by atoms with Crippen LogP contribution in [0.2, 0.25) is 0 Å². The molecular weight excluding hydrogens is 418 g/mol. The summed E-state index contributed by atoms with van der Waals surface area (Å²) in [4.78, 5) is 47.8. The van der Waals surface area contributed by atoms with Crippen molar-refractivity contribution in [3.05, 3.63) is 11.1 Å². The standard InChI is InChI=1S/C17H23N5O5S2/c1-5-7(2)27-21-9(8-6-28-16(18)19-8)12(23)20-10-13(24)22-11(15(25)26)17(3,4)29-14(10)22/h6-7,10-11,14H,5H2,1-4H3,(H2,18,19)(H,20,23)(H,25,26). The molecule has 4 atom stereocenters. The Morgan fingerprint density at radius 1 is 1.52 bits per heavy atom. The topological polar surface area (TPSA) is 147 Å². The first-order valence-corrected chi connectivity index (χ1v) is 10.8. The second-order valence-electron chi connectivity index (χ2n) is 7.38. The van der Waals surface area contributed by atoms with Crippen molar-refractivity contribution in [1.29, 1.82) is 0 Å². The van der Waals surface area contributed by atoms with Crippen molar-refractivity contribution >= 4 is 51.7 Å². The summed E-state index contributed by atoms with van der Waals surface area (Å²) in [6.07, 6.45) is 0.482. The number of carboxylic acids is 1. The quantitative estimate of drug-likeness (QED) is 0.321. The summed E-state index contributed by atoms with van der Waals surface area (Å²) in [6.45, 7) is 7.27. The van der Waals surface area contributed by atoms with Gasteiger partial charge in [0.1, 0.15) is 29.3 Å². The molecule has 3 rings (SSSR count). The number of thioether (sulfide) groups is 1. The van der Waals surface area contributed by atoms with E-state index in [1.165, 1.54) is 16.7 Å². The first kappa shape index (κ1) is 21.4. The highest BCUT2D eigenvalue weighted by atomic mass is 32.2. The van der Waals surface area contributed by atoms with Gasteiger partial charge >= 0.3 is 5.97 Å². The summed E-state index contributed by atoms with van der Waals surface area (Å²) in [6, 6.07) is -1.79. The third kappa shape index (κ3) is 3.90. The number of thiazole rings is 1. The van der Waals surface area contributed by atoms with E-state index >= 15 is 0 Å². The molecule has 2 aliphatic rings. The van der Waals surface area contributed by atoms with Gasteiger partial charge in [-0.2, -0.15) is 0 Å². The molecule has 0 saturated carbocycles. The zero-order chi connectivity index (χ0) is 21.5. The van der Waals surface area contributed by atoms with Gasteiger partial charge < -0.3 is 25.9 Å². The zero-order valence-electron chi connectivity index (χ0n) is 16.4. The average molecular weight is 442 g/mol. The molecule has 0 aliphatic carbocycles. The molecule has 0 bridgehead atoms. The maximum Gasteiger partial charge on any atom is 0.327 e. The first-order valence-electron chi connectivity index (χ1n) is 9.05. The fourth-order valence-electron chi connectivity index (χ4n) is 3.17. The van der Waals surface area contributed by atoms with Crippen molar-refractivity contribution in [1.82, 2.24) is 15.2 Å². The highest BCUT2D eigenvalue weighted by molar-refractivity contribution is 8.01. The Morgan fingerprint density at radius 3 is 2.76 bits per heavy atom. The largest absolute Gasteiger partial charge is 0.480 e. The van der Waals surface area contributed by atoms with Crippen LogP contribution in [-0.2, 0) is 19.2 Å². The Bertz CT molecular complexity index is 870. The number of nitrogen functional groups attached to an aromatic ring is 1. The molecule has 2 aliphatic heterocycles. The van der Waals surface area contributed by atoms with E-state index in [1.807, 2.05) is 13.8 Å². The Kier molecular flexibility index (Phi) is 5.77. The van der Waals surface area contributed by atoms with Crippen molar-refractivity contribution in [2.24, 2.45) is 5.16 Å². The molecule has 1 aromatic rings. The van der Waals surface area contributed by atoms with Crippen LogP contribution >= 0.6 is 23.1 Å². The SMILES string of the molecule is CCC(C)ON=C(C(=O)NC1C(=O)N2C1SC(C)(C)C2C(=O)O)c1csc(N)n1. The number of hydrogen-bond donors (Lipinski definition) is 3. The Balaban J connectivity index is 1.79. The second kappa shape index (κ2) is 7.82. The summed E-state index contributed by atoms with van der Waals surface area (Å²) >= 11 is 2.50. The summed E-state index contributed by atoms with van der Waals surface area (Å²) < 4.78 is -0.675. The Labute approximate surface area is 175 Å². The summed E-state index contributed by atoms with van der Waals surface area (Å²) in [5, 5.41) is 17.5. The number of oxime groups is 1. The van der Waals surface area contributed by atoms with Gasteiger partial charge in [-0.05, 0) is 27.2 Å². The lowest BCUT2D eigenvalue weighted by Crippen LogP contribution is -2.71. The van der Waals surface area contributed by atoms with E-state index in [9.17, 15) is 19.5 Å². The molecule has 2 amide bonds. The molecule has 1 aromatic heterocycles. The highest BCUT2D eigenvalue weighted by Gasteiger charge is 2.64. The minimum Gasteiger partial charge on any atom is -0.480 e. The summed E-state index contributed by atoms with van der Waals surface area (Å²) in [5.74, 6) is -2.13. The van der Waals surface area contributed by atoms with Crippen LogP contribution in [0, 0.1) is 0 Å². The van der Waals surface area contributed by atoms with Gasteiger partial charge in [0, 0.05) is 10.1 Å². The molecule has 2 fully saturated rings. The minimum absolute atomic E-state index is 0.0819. The molecule has 0 radical (unpaired) electrons. The number of aromatic nitrogens is 1. The van der Waals surface area contributed by atoms with E-state index < -0.39 is 40.0 Å². The lowest BCUT2D eigenvalue weighted by atomic mass is 9.96. The number of nitrogens with one attached hydrogen (secondary N) is 1. The number of hydrogen-bond acceptors (Lipinski definition) is 9. The second-order valence-corrected chi connectivity index (χ2v) is 10.0. The van der Waals surface area contributed by atoms with Gasteiger partial charge in [-0.1, -0.05) is 12.1 Å². The molecule has 4 N–H and O–H groups in total. The molecule has 0 aromatic carbocycles. The number of fused-ring (bicyclic) bond motifs is 1. The normalized spacial score (nSPS) is 26.5. The van der Waals surface area contributed by atoms with Gasteiger partial charge in [0.05, 0.1) is 0 Å². The van der Waals surface area contributed by atoms with Gasteiger partial charge in [0.25, 0.3) is 5.91 Å². The number of nitrogens with two attached hydrogens (primary N) is 1. The van der Waals surface area contributed by atoms with Crippen LogP contribution in [0.25, 0.3) is 0 Å². The molecule has 4 unspecified atom stereocenters. The highest BCUT2D eigenvalue weighted by Crippen LogP contribution is 2.50. The third-order valence-electron chi connectivity index (χ3n) is 4.84. The van der Waals surface area contributed by atoms with Crippen molar-refractivity contribution in [2.75, 3.05) is 5.73 Å². The average Bonchev–Trinajstić information content (AvgIpc) is 3.18. The van der Waals surface area contributed by atoms with Crippen LogP contribution in [0.15, 0.2) is 10.5 Å². The zero-order valence-corrected chi connectivity index (χ0v) is 18.0. The van der Waals surface area contributed by atoms with Gasteiger partial charge in [0.15, 0.2) is 10.8 Å². The van der Waals surface area contributed by atoms with E-state index in [0.717, 1.165) is 11.3 Å². The number of β-lactam (4-membered cyclic amide) rings is 1. The fourth-order valence-corrected chi connectivity index (χ4v) is 5.35. The number of rotatable bonds is 7. The van der Waals surface area contributed by atoms with Crippen molar-refractivity contribution in [2.45, 2.75) is 62.4 Å². The molecule has 10 nitrogen and oxygen atoms in total. The minimum atomic E-state index is -1.06. The molecule has 0 spiro atoms. The van der Waals surface area contributed by atoms with Crippen molar-refractivity contribution < 1.29 is 24.3 Å². The Morgan fingerprint density at radius 2 is 2.21 bits per heavy atom.